The third kappa shape index (κ3) is 3.54. The van der Waals surface area contributed by atoms with Gasteiger partial charge in [-0.15, -0.1) is 0 Å². The van der Waals surface area contributed by atoms with Crippen molar-refractivity contribution in [2.75, 3.05) is 19.0 Å². The van der Waals surface area contributed by atoms with Crippen LogP contribution in [0.4, 0.5) is 5.69 Å². The topological polar surface area (TPSA) is 43.4 Å². The van der Waals surface area contributed by atoms with Gasteiger partial charge in [-0.3, -0.25) is 0 Å². The van der Waals surface area contributed by atoms with Crippen LogP contribution in [0.5, 0.6) is 11.5 Å². The first kappa shape index (κ1) is 14.5. The molecule has 4 nitrogen and oxygen atoms in total. The van der Waals surface area contributed by atoms with E-state index in [4.69, 9.17) is 21.1 Å². The number of aromatic nitrogens is 1. The van der Waals surface area contributed by atoms with E-state index in [-0.39, 0.29) is 0 Å². The molecule has 0 saturated carbocycles. The SMILES string of the molecule is CCOc1cccc(CNc2ccc(Cl)nc2)c1OC. The van der Waals surface area contributed by atoms with Crippen molar-refractivity contribution >= 4 is 17.3 Å². The van der Waals surface area contributed by atoms with Crippen molar-refractivity contribution in [1.82, 2.24) is 4.98 Å². The molecular weight excluding hydrogens is 276 g/mol. The number of hydrogen-bond donors (Lipinski definition) is 1. The average Bonchev–Trinajstić information content (AvgIpc) is 2.47. The number of methoxy groups -OCH3 is 1. The highest BCUT2D eigenvalue weighted by molar-refractivity contribution is 6.29. The molecule has 0 bridgehead atoms. The number of para-hydroxylation sites is 1. The van der Waals surface area contributed by atoms with Crippen LogP contribution in [0.3, 0.4) is 0 Å². The number of benzene rings is 1. The molecule has 0 amide bonds. The number of nitrogens with zero attached hydrogens (tertiary/aromatic N) is 1. The number of anilines is 1. The molecule has 5 heteroatoms. The first-order valence-corrected chi connectivity index (χ1v) is 6.76. The molecule has 0 spiro atoms. The van der Waals surface area contributed by atoms with E-state index in [1.807, 2.05) is 31.2 Å². The lowest BCUT2D eigenvalue weighted by Gasteiger charge is -2.14. The molecule has 0 atom stereocenters. The number of rotatable bonds is 6. The standard InChI is InChI=1S/C15H17ClN2O2/c1-3-20-13-6-4-5-11(15(13)19-2)9-17-12-7-8-14(16)18-10-12/h4-8,10,17H,3,9H2,1-2H3. The van der Waals surface area contributed by atoms with E-state index in [1.54, 1.807) is 19.4 Å². The van der Waals surface area contributed by atoms with Crippen LogP contribution in [0.1, 0.15) is 12.5 Å². The Labute approximate surface area is 123 Å². The van der Waals surface area contributed by atoms with Gasteiger partial charge in [0.2, 0.25) is 0 Å². The average molecular weight is 293 g/mol. The Morgan fingerprint density at radius 1 is 1.25 bits per heavy atom. The zero-order valence-electron chi connectivity index (χ0n) is 11.5. The molecule has 2 rings (SSSR count). The lowest BCUT2D eigenvalue weighted by Crippen LogP contribution is -2.04. The highest BCUT2D eigenvalue weighted by Crippen LogP contribution is 2.31. The third-order valence-corrected chi connectivity index (χ3v) is 3.00. The summed E-state index contributed by atoms with van der Waals surface area (Å²) in [6, 6.07) is 9.48. The van der Waals surface area contributed by atoms with Crippen LogP contribution in [0, 0.1) is 0 Å². The van der Waals surface area contributed by atoms with Crippen molar-refractivity contribution in [3.05, 3.63) is 47.2 Å². The van der Waals surface area contributed by atoms with Gasteiger partial charge < -0.3 is 14.8 Å². The molecule has 0 aliphatic heterocycles. The Balaban J connectivity index is 2.12. The number of hydrogen-bond acceptors (Lipinski definition) is 4. The van der Waals surface area contributed by atoms with E-state index < -0.39 is 0 Å². The molecule has 106 valence electrons. The molecule has 0 saturated heterocycles. The summed E-state index contributed by atoms with van der Waals surface area (Å²) in [4.78, 5) is 4.03. The van der Waals surface area contributed by atoms with Crippen molar-refractivity contribution < 1.29 is 9.47 Å². The second-order valence-corrected chi connectivity index (χ2v) is 4.49. The minimum atomic E-state index is 0.478. The predicted molar refractivity (Wildman–Crippen MR) is 80.7 cm³/mol. The molecule has 1 aromatic heterocycles. The number of pyridine rings is 1. The van der Waals surface area contributed by atoms with Gasteiger partial charge in [0.1, 0.15) is 5.15 Å². The lowest BCUT2D eigenvalue weighted by molar-refractivity contribution is 0.309. The Hall–Kier alpha value is -1.94. The molecule has 2 aromatic rings. The summed E-state index contributed by atoms with van der Waals surface area (Å²) in [5.41, 5.74) is 1.92. The third-order valence-electron chi connectivity index (χ3n) is 2.77. The van der Waals surface area contributed by atoms with Crippen molar-refractivity contribution in [2.24, 2.45) is 0 Å². The fourth-order valence-corrected chi connectivity index (χ4v) is 1.99. The molecule has 1 aromatic carbocycles. The van der Waals surface area contributed by atoms with Crippen LogP contribution < -0.4 is 14.8 Å². The van der Waals surface area contributed by atoms with Gasteiger partial charge in [0, 0.05) is 12.1 Å². The monoisotopic (exact) mass is 292 g/mol. The summed E-state index contributed by atoms with van der Waals surface area (Å²) >= 11 is 5.76. The van der Waals surface area contributed by atoms with Crippen LogP contribution in [0.2, 0.25) is 5.15 Å². The second-order valence-electron chi connectivity index (χ2n) is 4.10. The van der Waals surface area contributed by atoms with Crippen molar-refractivity contribution in [1.29, 1.82) is 0 Å². The number of nitrogens with one attached hydrogen (secondary N) is 1. The summed E-state index contributed by atoms with van der Waals surface area (Å²) in [6.45, 7) is 3.17. The Bertz CT molecular complexity index is 558. The largest absolute Gasteiger partial charge is 0.493 e. The van der Waals surface area contributed by atoms with Gasteiger partial charge in [0.15, 0.2) is 11.5 Å². The van der Waals surface area contributed by atoms with Crippen molar-refractivity contribution in [3.8, 4) is 11.5 Å². The molecule has 0 fully saturated rings. The summed E-state index contributed by atoms with van der Waals surface area (Å²) < 4.78 is 11.0. The molecule has 0 unspecified atom stereocenters. The zero-order valence-corrected chi connectivity index (χ0v) is 12.3. The second kappa shape index (κ2) is 7.01. The molecule has 20 heavy (non-hydrogen) atoms. The summed E-state index contributed by atoms with van der Waals surface area (Å²) in [6.07, 6.45) is 1.70. The van der Waals surface area contributed by atoms with Crippen LogP contribution >= 0.6 is 11.6 Å². The Morgan fingerprint density at radius 2 is 2.10 bits per heavy atom. The quantitative estimate of drug-likeness (QED) is 0.824. The van der Waals surface area contributed by atoms with E-state index >= 15 is 0 Å². The maximum absolute atomic E-state index is 5.76. The maximum atomic E-state index is 5.76. The summed E-state index contributed by atoms with van der Waals surface area (Å²) in [5.74, 6) is 1.51. The van der Waals surface area contributed by atoms with Crippen LogP contribution in [-0.2, 0) is 6.54 Å². The van der Waals surface area contributed by atoms with E-state index in [2.05, 4.69) is 10.3 Å². The normalized spacial score (nSPS) is 10.2. The maximum Gasteiger partial charge on any atom is 0.165 e. The van der Waals surface area contributed by atoms with Crippen molar-refractivity contribution in [3.63, 3.8) is 0 Å². The van der Waals surface area contributed by atoms with Gasteiger partial charge in [-0.25, -0.2) is 4.98 Å². The van der Waals surface area contributed by atoms with Gasteiger partial charge in [0.25, 0.3) is 0 Å². The fraction of sp³-hybridized carbons (Fsp3) is 0.267. The van der Waals surface area contributed by atoms with E-state index in [1.165, 1.54) is 0 Å². The van der Waals surface area contributed by atoms with Crippen molar-refractivity contribution in [2.45, 2.75) is 13.5 Å². The number of halogens is 1. The molecule has 1 heterocycles. The molecule has 1 N–H and O–H groups in total. The van der Waals surface area contributed by atoms with Gasteiger partial charge in [0.05, 0.1) is 25.6 Å². The van der Waals surface area contributed by atoms with Gasteiger partial charge in [-0.05, 0) is 25.1 Å². The molecule has 0 radical (unpaired) electrons. The van der Waals surface area contributed by atoms with Gasteiger partial charge >= 0.3 is 0 Å². The molecule has 0 aliphatic carbocycles. The Kier molecular flexibility index (Phi) is 5.07. The van der Waals surface area contributed by atoms with E-state index in [0.717, 1.165) is 22.7 Å². The first-order chi connectivity index (χ1) is 9.74. The lowest BCUT2D eigenvalue weighted by atomic mass is 10.2. The highest BCUT2D eigenvalue weighted by atomic mass is 35.5. The van der Waals surface area contributed by atoms with Gasteiger partial charge in [-0.1, -0.05) is 23.7 Å². The van der Waals surface area contributed by atoms with E-state index in [0.29, 0.717) is 18.3 Å². The van der Waals surface area contributed by atoms with E-state index in [9.17, 15) is 0 Å². The van der Waals surface area contributed by atoms with Crippen LogP contribution in [-0.4, -0.2) is 18.7 Å². The molecular formula is C15H17ClN2O2. The minimum Gasteiger partial charge on any atom is -0.493 e. The first-order valence-electron chi connectivity index (χ1n) is 6.38. The zero-order chi connectivity index (χ0) is 14.4. The molecule has 0 aliphatic rings. The number of ether oxygens (including phenoxy) is 2. The summed E-state index contributed by atoms with van der Waals surface area (Å²) in [5, 5.41) is 3.75. The minimum absolute atomic E-state index is 0.478. The predicted octanol–water partition coefficient (Wildman–Crippen LogP) is 3.75. The van der Waals surface area contributed by atoms with Crippen LogP contribution in [0.15, 0.2) is 36.5 Å². The van der Waals surface area contributed by atoms with Gasteiger partial charge in [-0.2, -0.15) is 0 Å². The fourth-order valence-electron chi connectivity index (χ4n) is 1.88. The van der Waals surface area contributed by atoms with Crippen LogP contribution in [0.25, 0.3) is 0 Å². The summed E-state index contributed by atoms with van der Waals surface area (Å²) in [7, 11) is 1.64. The highest BCUT2D eigenvalue weighted by Gasteiger charge is 2.09. The smallest absolute Gasteiger partial charge is 0.165 e. The Morgan fingerprint density at radius 3 is 2.75 bits per heavy atom.